The molecule has 1 atom stereocenters. The standard InChI is InChI=1S/C17H28N4O/c1-14-7-8-16(20-19-14)21-11-5-6-15(12-21)18-13-17(22)9-3-2-4-10-17/h7-8,15,18,22H,2-6,9-13H2,1H3. The summed E-state index contributed by atoms with van der Waals surface area (Å²) in [7, 11) is 0. The van der Waals surface area contributed by atoms with E-state index >= 15 is 0 Å². The second-order valence-electron chi connectivity index (χ2n) is 6.98. The van der Waals surface area contributed by atoms with Gasteiger partial charge in [-0.2, -0.15) is 5.10 Å². The van der Waals surface area contributed by atoms with Crippen molar-refractivity contribution in [3.8, 4) is 0 Å². The summed E-state index contributed by atoms with van der Waals surface area (Å²) in [5.74, 6) is 0.966. The number of nitrogens with one attached hydrogen (secondary N) is 1. The SMILES string of the molecule is Cc1ccc(N2CCCC(NCC3(O)CCCCC3)C2)nn1. The van der Waals surface area contributed by atoms with Crippen molar-refractivity contribution in [2.75, 3.05) is 24.5 Å². The molecule has 0 radical (unpaired) electrons. The largest absolute Gasteiger partial charge is 0.389 e. The molecule has 0 spiro atoms. The zero-order valence-corrected chi connectivity index (χ0v) is 13.6. The molecular formula is C17H28N4O. The van der Waals surface area contributed by atoms with Gasteiger partial charge in [0.25, 0.3) is 0 Å². The van der Waals surface area contributed by atoms with Crippen molar-refractivity contribution < 1.29 is 5.11 Å². The molecule has 2 N–H and O–H groups in total. The van der Waals surface area contributed by atoms with E-state index in [-0.39, 0.29) is 0 Å². The first-order chi connectivity index (χ1) is 10.6. The average Bonchev–Trinajstić information content (AvgIpc) is 2.55. The molecule has 0 amide bonds. The summed E-state index contributed by atoms with van der Waals surface area (Å²) in [5, 5.41) is 22.7. The molecule has 1 unspecified atom stereocenters. The third-order valence-electron chi connectivity index (χ3n) is 5.03. The van der Waals surface area contributed by atoms with Gasteiger partial charge in [-0.3, -0.25) is 0 Å². The van der Waals surface area contributed by atoms with Gasteiger partial charge < -0.3 is 15.3 Å². The Bertz CT molecular complexity index is 470. The van der Waals surface area contributed by atoms with Crippen molar-refractivity contribution in [1.29, 1.82) is 0 Å². The molecule has 1 aromatic rings. The first kappa shape index (κ1) is 15.7. The smallest absolute Gasteiger partial charge is 0.151 e. The van der Waals surface area contributed by atoms with Gasteiger partial charge in [0.15, 0.2) is 5.82 Å². The van der Waals surface area contributed by atoms with Gasteiger partial charge in [0.05, 0.1) is 11.3 Å². The molecular weight excluding hydrogens is 276 g/mol. The van der Waals surface area contributed by atoms with E-state index in [4.69, 9.17) is 0 Å². The summed E-state index contributed by atoms with van der Waals surface area (Å²) in [6, 6.07) is 4.51. The van der Waals surface area contributed by atoms with Gasteiger partial charge in [-0.05, 0) is 44.7 Å². The average molecular weight is 304 g/mol. The molecule has 0 bridgehead atoms. The Morgan fingerprint density at radius 1 is 1.23 bits per heavy atom. The molecule has 1 aromatic heterocycles. The Kier molecular flexibility index (Phi) is 4.93. The number of aromatic nitrogens is 2. The third-order valence-corrected chi connectivity index (χ3v) is 5.03. The van der Waals surface area contributed by atoms with Crippen LogP contribution in [0.2, 0.25) is 0 Å². The summed E-state index contributed by atoms with van der Waals surface area (Å²) in [6.07, 6.45) is 7.81. The highest BCUT2D eigenvalue weighted by molar-refractivity contribution is 5.38. The van der Waals surface area contributed by atoms with Gasteiger partial charge >= 0.3 is 0 Å². The van der Waals surface area contributed by atoms with Gasteiger partial charge in [0.1, 0.15) is 0 Å². The Balaban J connectivity index is 1.53. The molecule has 2 heterocycles. The van der Waals surface area contributed by atoms with Crippen molar-refractivity contribution >= 4 is 5.82 Å². The molecule has 2 fully saturated rings. The lowest BCUT2D eigenvalue weighted by molar-refractivity contribution is 0.00231. The summed E-state index contributed by atoms with van der Waals surface area (Å²) in [6.45, 7) is 4.68. The van der Waals surface area contributed by atoms with Crippen molar-refractivity contribution in [1.82, 2.24) is 15.5 Å². The molecule has 22 heavy (non-hydrogen) atoms. The predicted molar refractivity (Wildman–Crippen MR) is 88.0 cm³/mol. The van der Waals surface area contributed by atoms with Crippen LogP contribution >= 0.6 is 0 Å². The number of piperidine rings is 1. The Morgan fingerprint density at radius 2 is 2.05 bits per heavy atom. The van der Waals surface area contributed by atoms with Crippen LogP contribution in [-0.2, 0) is 0 Å². The molecule has 1 aliphatic carbocycles. The maximum absolute atomic E-state index is 10.6. The number of rotatable bonds is 4. The molecule has 5 nitrogen and oxygen atoms in total. The van der Waals surface area contributed by atoms with Crippen LogP contribution in [0.1, 0.15) is 50.6 Å². The molecule has 1 saturated heterocycles. The van der Waals surface area contributed by atoms with Crippen molar-refractivity contribution in [3.05, 3.63) is 17.8 Å². The predicted octanol–water partition coefficient (Wildman–Crippen LogP) is 2.04. The number of nitrogens with zero attached hydrogens (tertiary/aromatic N) is 3. The van der Waals surface area contributed by atoms with Crippen molar-refractivity contribution in [3.63, 3.8) is 0 Å². The van der Waals surface area contributed by atoms with E-state index in [1.54, 1.807) is 0 Å². The molecule has 1 aliphatic heterocycles. The minimum absolute atomic E-state index is 0.433. The number of hydrogen-bond acceptors (Lipinski definition) is 5. The Labute approximate surface area is 133 Å². The van der Waals surface area contributed by atoms with Crippen molar-refractivity contribution in [2.45, 2.75) is 63.5 Å². The zero-order chi connectivity index (χ0) is 15.4. The molecule has 0 aromatic carbocycles. The summed E-state index contributed by atoms with van der Waals surface area (Å²) in [4.78, 5) is 2.30. The molecule has 3 rings (SSSR count). The molecule has 1 saturated carbocycles. The third kappa shape index (κ3) is 3.96. The van der Waals surface area contributed by atoms with E-state index < -0.39 is 5.60 Å². The van der Waals surface area contributed by atoms with E-state index in [1.165, 1.54) is 12.8 Å². The zero-order valence-electron chi connectivity index (χ0n) is 13.6. The van der Waals surface area contributed by atoms with Gasteiger partial charge in [-0.1, -0.05) is 19.3 Å². The quantitative estimate of drug-likeness (QED) is 0.891. The van der Waals surface area contributed by atoms with Crippen LogP contribution in [0.4, 0.5) is 5.82 Å². The topological polar surface area (TPSA) is 61.3 Å². The normalized spacial score (nSPS) is 25.2. The maximum Gasteiger partial charge on any atom is 0.151 e. The molecule has 2 aliphatic rings. The monoisotopic (exact) mass is 304 g/mol. The van der Waals surface area contributed by atoms with E-state index in [0.717, 1.165) is 63.3 Å². The lowest BCUT2D eigenvalue weighted by Crippen LogP contribution is -2.51. The van der Waals surface area contributed by atoms with Gasteiger partial charge in [0.2, 0.25) is 0 Å². The van der Waals surface area contributed by atoms with Crippen LogP contribution in [0.3, 0.4) is 0 Å². The van der Waals surface area contributed by atoms with E-state index in [2.05, 4.69) is 26.5 Å². The first-order valence-electron chi connectivity index (χ1n) is 8.66. The fourth-order valence-electron chi connectivity index (χ4n) is 3.63. The number of hydrogen-bond donors (Lipinski definition) is 2. The lowest BCUT2D eigenvalue weighted by atomic mass is 9.84. The Hall–Kier alpha value is -1.20. The highest BCUT2D eigenvalue weighted by Gasteiger charge is 2.30. The van der Waals surface area contributed by atoms with Crippen LogP contribution in [0.25, 0.3) is 0 Å². The highest BCUT2D eigenvalue weighted by atomic mass is 16.3. The fourth-order valence-corrected chi connectivity index (χ4v) is 3.63. The van der Waals surface area contributed by atoms with E-state index in [0.29, 0.717) is 6.04 Å². The fraction of sp³-hybridized carbons (Fsp3) is 0.765. The first-order valence-corrected chi connectivity index (χ1v) is 8.66. The summed E-state index contributed by atoms with van der Waals surface area (Å²) in [5.41, 5.74) is 0.472. The highest BCUT2D eigenvalue weighted by Crippen LogP contribution is 2.27. The minimum atomic E-state index is -0.482. The van der Waals surface area contributed by atoms with E-state index in [9.17, 15) is 5.11 Å². The summed E-state index contributed by atoms with van der Waals surface area (Å²) >= 11 is 0. The van der Waals surface area contributed by atoms with Gasteiger partial charge in [-0.15, -0.1) is 5.10 Å². The van der Waals surface area contributed by atoms with E-state index in [1.807, 2.05) is 13.0 Å². The molecule has 5 heteroatoms. The summed E-state index contributed by atoms with van der Waals surface area (Å²) < 4.78 is 0. The maximum atomic E-state index is 10.6. The van der Waals surface area contributed by atoms with Gasteiger partial charge in [-0.25, -0.2) is 0 Å². The number of aryl methyl sites for hydroxylation is 1. The van der Waals surface area contributed by atoms with Crippen LogP contribution in [0.5, 0.6) is 0 Å². The molecule has 122 valence electrons. The van der Waals surface area contributed by atoms with Crippen LogP contribution in [0, 0.1) is 6.92 Å². The minimum Gasteiger partial charge on any atom is -0.389 e. The van der Waals surface area contributed by atoms with Crippen LogP contribution < -0.4 is 10.2 Å². The Morgan fingerprint density at radius 3 is 2.77 bits per heavy atom. The lowest BCUT2D eigenvalue weighted by Gasteiger charge is -2.37. The van der Waals surface area contributed by atoms with Crippen LogP contribution in [-0.4, -0.2) is 46.6 Å². The van der Waals surface area contributed by atoms with Crippen molar-refractivity contribution in [2.24, 2.45) is 0 Å². The van der Waals surface area contributed by atoms with Gasteiger partial charge in [0, 0.05) is 25.7 Å². The second kappa shape index (κ2) is 6.92. The van der Waals surface area contributed by atoms with Crippen LogP contribution in [0.15, 0.2) is 12.1 Å². The second-order valence-corrected chi connectivity index (χ2v) is 6.98. The number of aliphatic hydroxyl groups is 1. The number of anilines is 1.